The summed E-state index contributed by atoms with van der Waals surface area (Å²) in [5.74, 6) is 0. The summed E-state index contributed by atoms with van der Waals surface area (Å²) in [4.78, 5) is 0. The van der Waals surface area contributed by atoms with Gasteiger partial charge >= 0.3 is 169 Å². The molecular formula is C20H20Ge2N4. The molecule has 0 spiro atoms. The van der Waals surface area contributed by atoms with Gasteiger partial charge in [0.15, 0.2) is 0 Å². The van der Waals surface area contributed by atoms with E-state index >= 15 is 0 Å². The molecule has 5 rings (SSSR count). The van der Waals surface area contributed by atoms with Crippen LogP contribution in [0.5, 0.6) is 0 Å². The van der Waals surface area contributed by atoms with E-state index in [-0.39, 0.29) is 31.8 Å². The second-order valence-corrected chi connectivity index (χ2v) is 12.5. The van der Waals surface area contributed by atoms with Crippen LogP contribution < -0.4 is 0 Å². The van der Waals surface area contributed by atoms with Gasteiger partial charge in [-0.25, -0.2) is 0 Å². The molecule has 6 heteroatoms. The fourth-order valence-corrected chi connectivity index (χ4v) is 8.13. The third-order valence-electron chi connectivity index (χ3n) is 4.97. The van der Waals surface area contributed by atoms with E-state index in [0.29, 0.717) is 0 Å². The van der Waals surface area contributed by atoms with Crippen molar-refractivity contribution in [1.29, 1.82) is 0 Å². The van der Waals surface area contributed by atoms with Crippen LogP contribution >= 0.6 is 0 Å². The van der Waals surface area contributed by atoms with Gasteiger partial charge in [-0.15, -0.1) is 0 Å². The molecule has 4 radical (unpaired) electrons. The Kier molecular flexibility index (Phi) is 4.46. The zero-order valence-corrected chi connectivity index (χ0v) is 18.7. The van der Waals surface area contributed by atoms with Gasteiger partial charge in [0.05, 0.1) is 0 Å². The number of rotatable bonds is 0. The van der Waals surface area contributed by atoms with Gasteiger partial charge in [-0.1, -0.05) is 0 Å². The molecule has 4 nitrogen and oxygen atoms in total. The SMILES string of the molecule is C1=C[N]2Cc3ccccc3C[N]3C=C[N](Cc4ccccc4C[N]1[Ge]2)[Ge]3. The monoisotopic (exact) mass is 464 g/mol. The number of fused-ring (bicyclic) bond motifs is 6. The van der Waals surface area contributed by atoms with Crippen LogP contribution in [-0.4, -0.2) is 47.2 Å². The Balaban J connectivity index is 1.48. The van der Waals surface area contributed by atoms with Crippen molar-refractivity contribution in [3.63, 3.8) is 0 Å². The number of benzene rings is 2. The third kappa shape index (κ3) is 3.40. The average molecular weight is 462 g/mol. The quantitative estimate of drug-likeness (QED) is 0.560. The van der Waals surface area contributed by atoms with Crippen LogP contribution in [0.3, 0.4) is 0 Å². The van der Waals surface area contributed by atoms with Crippen molar-refractivity contribution in [2.45, 2.75) is 26.2 Å². The Morgan fingerprint density at radius 3 is 1.00 bits per heavy atom. The van der Waals surface area contributed by atoms with Gasteiger partial charge in [0.25, 0.3) is 0 Å². The molecule has 3 aliphatic heterocycles. The molecule has 0 saturated carbocycles. The predicted molar refractivity (Wildman–Crippen MR) is 105 cm³/mol. The van der Waals surface area contributed by atoms with Gasteiger partial charge in [-0.2, -0.15) is 0 Å². The fourth-order valence-electron chi connectivity index (χ4n) is 3.60. The minimum absolute atomic E-state index is 0.302. The van der Waals surface area contributed by atoms with Gasteiger partial charge in [-0.3, -0.25) is 0 Å². The molecule has 0 atom stereocenters. The molecule has 0 aromatic heterocycles. The molecule has 2 aromatic rings. The zero-order chi connectivity index (χ0) is 17.3. The Hall–Kier alpha value is -1.79. The molecular weight excluding hydrogens is 441 g/mol. The van der Waals surface area contributed by atoms with E-state index in [4.69, 9.17) is 0 Å². The van der Waals surface area contributed by atoms with E-state index in [1.165, 1.54) is 22.3 Å². The van der Waals surface area contributed by atoms with Crippen LogP contribution in [0.15, 0.2) is 73.3 Å². The molecule has 3 heterocycles. The van der Waals surface area contributed by atoms with Crippen molar-refractivity contribution in [2.75, 3.05) is 0 Å². The van der Waals surface area contributed by atoms with Crippen LogP contribution in [-0.2, 0) is 26.2 Å². The van der Waals surface area contributed by atoms with Gasteiger partial charge in [0.2, 0.25) is 0 Å². The molecule has 0 saturated heterocycles. The molecule has 3 aliphatic rings. The van der Waals surface area contributed by atoms with Crippen LogP contribution in [0.2, 0.25) is 0 Å². The predicted octanol–water partition coefficient (Wildman–Crippen LogP) is 2.65. The molecule has 2 aromatic carbocycles. The van der Waals surface area contributed by atoms with E-state index in [9.17, 15) is 0 Å². The molecule has 0 fully saturated rings. The van der Waals surface area contributed by atoms with E-state index < -0.39 is 0 Å². The summed E-state index contributed by atoms with van der Waals surface area (Å²) >= 11 is -0.604. The molecule has 0 unspecified atom stereocenters. The summed E-state index contributed by atoms with van der Waals surface area (Å²) in [5, 5.41) is 0. The normalized spacial score (nSPS) is 18.8. The van der Waals surface area contributed by atoms with Crippen molar-refractivity contribution in [1.82, 2.24) is 15.4 Å². The first-order valence-electron chi connectivity index (χ1n) is 8.93. The van der Waals surface area contributed by atoms with Crippen molar-refractivity contribution in [3.05, 3.63) is 95.6 Å². The average Bonchev–Trinajstić information content (AvgIpc) is 3.27. The van der Waals surface area contributed by atoms with E-state index in [1.54, 1.807) is 0 Å². The van der Waals surface area contributed by atoms with Crippen molar-refractivity contribution in [3.8, 4) is 0 Å². The fraction of sp³-hybridized carbons (Fsp3) is 0.200. The topological polar surface area (TPSA) is 13.0 Å². The minimum atomic E-state index is -0.302. The maximum absolute atomic E-state index is 2.54. The number of nitrogens with zero attached hydrogens (tertiary/aromatic N) is 4. The van der Waals surface area contributed by atoms with Crippen LogP contribution in [0, 0.1) is 0 Å². The molecule has 0 N–H and O–H groups in total. The summed E-state index contributed by atoms with van der Waals surface area (Å²) in [6.07, 6.45) is 9.18. The van der Waals surface area contributed by atoms with Crippen molar-refractivity contribution >= 4 is 31.8 Å². The summed E-state index contributed by atoms with van der Waals surface area (Å²) in [7, 11) is 0. The number of hydrogen-bond acceptors (Lipinski definition) is 4. The standard InChI is InChI=1S/C20H20Ge2N4/c1-2-6-18-14-24-11-12-26(22-24)16-20-8-4-3-7-19(20)15-25-10-9-23(21-25)13-17(18)5-1/h1-12H,13-16H2. The van der Waals surface area contributed by atoms with E-state index in [0.717, 1.165) is 26.2 Å². The Labute approximate surface area is 168 Å². The van der Waals surface area contributed by atoms with E-state index in [2.05, 4.69) is 88.8 Å². The van der Waals surface area contributed by atoms with Gasteiger partial charge in [0, 0.05) is 0 Å². The number of hydrogen-bond donors (Lipinski definition) is 0. The zero-order valence-electron chi connectivity index (χ0n) is 14.5. The van der Waals surface area contributed by atoms with Gasteiger partial charge in [-0.05, 0) is 0 Å². The van der Waals surface area contributed by atoms with Crippen molar-refractivity contribution in [2.24, 2.45) is 0 Å². The van der Waals surface area contributed by atoms with Crippen LogP contribution in [0.4, 0.5) is 0 Å². The van der Waals surface area contributed by atoms with Crippen LogP contribution in [0.1, 0.15) is 22.3 Å². The molecule has 0 aliphatic carbocycles. The third-order valence-corrected chi connectivity index (χ3v) is 9.70. The Morgan fingerprint density at radius 1 is 0.462 bits per heavy atom. The Morgan fingerprint density at radius 2 is 0.731 bits per heavy atom. The summed E-state index contributed by atoms with van der Waals surface area (Å²) in [5.41, 5.74) is 5.88. The summed E-state index contributed by atoms with van der Waals surface area (Å²) in [6, 6.07) is 17.9. The van der Waals surface area contributed by atoms with E-state index in [1.807, 2.05) is 0 Å². The first-order chi connectivity index (χ1) is 12.8. The van der Waals surface area contributed by atoms with Gasteiger partial charge in [0.1, 0.15) is 0 Å². The molecule has 0 amide bonds. The van der Waals surface area contributed by atoms with Crippen LogP contribution in [0.25, 0.3) is 0 Å². The molecule has 26 heavy (non-hydrogen) atoms. The summed E-state index contributed by atoms with van der Waals surface area (Å²) < 4.78 is 10.1. The van der Waals surface area contributed by atoms with Gasteiger partial charge < -0.3 is 0 Å². The summed E-state index contributed by atoms with van der Waals surface area (Å²) in [6.45, 7) is 4.14. The van der Waals surface area contributed by atoms with Crippen molar-refractivity contribution < 1.29 is 0 Å². The first-order valence-corrected chi connectivity index (χ1v) is 12.7. The second-order valence-electron chi connectivity index (χ2n) is 6.85. The first kappa shape index (κ1) is 16.4. The molecule has 4 bridgehead atoms. The second kappa shape index (κ2) is 7.08. The Bertz CT molecular complexity index is 729. The molecule has 128 valence electrons. The maximum atomic E-state index is 2.54.